The van der Waals surface area contributed by atoms with Gasteiger partial charge in [0.25, 0.3) is 0 Å². The summed E-state index contributed by atoms with van der Waals surface area (Å²) in [4.78, 5) is 3.29. The third-order valence-electron chi connectivity index (χ3n) is 3.28. The fraction of sp³-hybridized carbons (Fsp3) is 0.727. The molecule has 0 bridgehead atoms. The van der Waals surface area contributed by atoms with Gasteiger partial charge >= 0.3 is 0 Å². The van der Waals surface area contributed by atoms with Crippen LogP contribution in [0.25, 0.3) is 4.96 Å². The first kappa shape index (κ1) is 12.3. The molecule has 0 aromatic carbocycles. The van der Waals surface area contributed by atoms with E-state index in [9.17, 15) is 0 Å². The van der Waals surface area contributed by atoms with Crippen molar-refractivity contribution in [3.05, 3.63) is 10.8 Å². The van der Waals surface area contributed by atoms with Crippen LogP contribution in [0, 0.1) is 0 Å². The SMILES string of the molecule is ClCc1nn2c(CN3CCCCCC3)nnc2s1. The van der Waals surface area contributed by atoms with Crippen LogP contribution in [0.1, 0.15) is 36.5 Å². The Morgan fingerprint density at radius 3 is 2.61 bits per heavy atom. The van der Waals surface area contributed by atoms with Crippen molar-refractivity contribution in [3.63, 3.8) is 0 Å². The van der Waals surface area contributed by atoms with Crippen molar-refractivity contribution in [2.45, 2.75) is 38.1 Å². The topological polar surface area (TPSA) is 46.3 Å². The lowest BCUT2D eigenvalue weighted by Crippen LogP contribution is -2.25. The van der Waals surface area contributed by atoms with Crippen molar-refractivity contribution in [3.8, 4) is 0 Å². The Labute approximate surface area is 115 Å². The van der Waals surface area contributed by atoms with Crippen molar-refractivity contribution >= 4 is 27.9 Å². The molecule has 0 amide bonds. The van der Waals surface area contributed by atoms with E-state index in [0.29, 0.717) is 5.88 Å². The van der Waals surface area contributed by atoms with Gasteiger partial charge in [0.15, 0.2) is 5.82 Å². The molecule has 2 aromatic heterocycles. The van der Waals surface area contributed by atoms with E-state index in [2.05, 4.69) is 20.2 Å². The molecule has 3 rings (SSSR count). The van der Waals surface area contributed by atoms with Crippen molar-refractivity contribution in [2.75, 3.05) is 13.1 Å². The van der Waals surface area contributed by atoms with E-state index in [0.717, 1.165) is 35.4 Å². The average Bonchev–Trinajstić information content (AvgIpc) is 2.84. The highest BCUT2D eigenvalue weighted by Gasteiger charge is 2.15. The zero-order valence-corrected chi connectivity index (χ0v) is 11.8. The molecule has 98 valence electrons. The lowest BCUT2D eigenvalue weighted by atomic mass is 10.2. The largest absolute Gasteiger partial charge is 0.296 e. The van der Waals surface area contributed by atoms with E-state index in [4.69, 9.17) is 11.6 Å². The molecular weight excluding hydrogens is 270 g/mol. The van der Waals surface area contributed by atoms with E-state index >= 15 is 0 Å². The molecule has 0 aliphatic carbocycles. The molecule has 0 unspecified atom stereocenters. The van der Waals surface area contributed by atoms with Gasteiger partial charge in [-0.25, -0.2) is 0 Å². The molecule has 1 aliphatic rings. The predicted molar refractivity (Wildman–Crippen MR) is 72.0 cm³/mol. The summed E-state index contributed by atoms with van der Waals surface area (Å²) in [6, 6.07) is 0. The minimum atomic E-state index is 0.442. The minimum absolute atomic E-state index is 0.442. The molecule has 3 heterocycles. The normalized spacial score (nSPS) is 18.3. The van der Waals surface area contributed by atoms with Crippen LogP contribution < -0.4 is 0 Å². The Morgan fingerprint density at radius 1 is 1.11 bits per heavy atom. The van der Waals surface area contributed by atoms with Gasteiger partial charge < -0.3 is 0 Å². The van der Waals surface area contributed by atoms with Crippen LogP contribution in [-0.2, 0) is 12.4 Å². The molecule has 2 aromatic rings. The van der Waals surface area contributed by atoms with Gasteiger partial charge in [0, 0.05) is 0 Å². The van der Waals surface area contributed by atoms with E-state index in [1.165, 1.54) is 37.0 Å². The van der Waals surface area contributed by atoms with Gasteiger partial charge in [-0.1, -0.05) is 24.2 Å². The second-order valence-corrected chi connectivity index (χ2v) is 5.94. The highest BCUT2D eigenvalue weighted by atomic mass is 35.5. The van der Waals surface area contributed by atoms with Crippen LogP contribution in [0.5, 0.6) is 0 Å². The second-order valence-electron chi connectivity index (χ2n) is 4.63. The molecule has 0 atom stereocenters. The number of aromatic nitrogens is 4. The Balaban J connectivity index is 1.78. The maximum absolute atomic E-state index is 5.80. The zero-order valence-electron chi connectivity index (χ0n) is 10.2. The third kappa shape index (κ3) is 2.50. The molecular formula is C11H16ClN5S. The molecule has 1 aliphatic heterocycles. The molecule has 0 N–H and O–H groups in total. The number of nitrogens with zero attached hydrogens (tertiary/aromatic N) is 5. The number of fused-ring (bicyclic) bond motifs is 1. The van der Waals surface area contributed by atoms with Crippen LogP contribution in [0.3, 0.4) is 0 Å². The first-order chi connectivity index (χ1) is 8.86. The lowest BCUT2D eigenvalue weighted by molar-refractivity contribution is 0.268. The molecule has 5 nitrogen and oxygen atoms in total. The standard InChI is InChI=1S/C11H16ClN5S/c12-7-10-15-17-9(13-14-11(17)18-10)8-16-5-3-1-2-4-6-16/h1-8H2. The summed E-state index contributed by atoms with van der Waals surface area (Å²) >= 11 is 7.31. The van der Waals surface area contributed by atoms with Crippen LogP contribution in [0.4, 0.5) is 0 Å². The minimum Gasteiger partial charge on any atom is -0.296 e. The third-order valence-corrected chi connectivity index (χ3v) is 4.59. The Bertz CT molecular complexity index is 514. The Kier molecular flexibility index (Phi) is 3.77. The summed E-state index contributed by atoms with van der Waals surface area (Å²) in [5.41, 5.74) is 0. The first-order valence-electron chi connectivity index (χ1n) is 6.35. The average molecular weight is 286 g/mol. The van der Waals surface area contributed by atoms with Crippen molar-refractivity contribution in [1.29, 1.82) is 0 Å². The van der Waals surface area contributed by atoms with Gasteiger partial charge in [-0.2, -0.15) is 9.61 Å². The number of hydrogen-bond donors (Lipinski definition) is 0. The van der Waals surface area contributed by atoms with E-state index in [1.807, 2.05) is 4.52 Å². The van der Waals surface area contributed by atoms with E-state index < -0.39 is 0 Å². The monoisotopic (exact) mass is 285 g/mol. The van der Waals surface area contributed by atoms with Gasteiger partial charge in [-0.3, -0.25) is 4.90 Å². The zero-order chi connectivity index (χ0) is 12.4. The number of alkyl halides is 1. The van der Waals surface area contributed by atoms with Gasteiger partial charge in [0.05, 0.1) is 12.4 Å². The molecule has 0 radical (unpaired) electrons. The van der Waals surface area contributed by atoms with Gasteiger partial charge in [-0.05, 0) is 25.9 Å². The van der Waals surface area contributed by atoms with Crippen molar-refractivity contribution < 1.29 is 0 Å². The highest BCUT2D eigenvalue weighted by Crippen LogP contribution is 2.17. The highest BCUT2D eigenvalue weighted by molar-refractivity contribution is 7.16. The molecule has 18 heavy (non-hydrogen) atoms. The summed E-state index contributed by atoms with van der Waals surface area (Å²) < 4.78 is 1.84. The summed E-state index contributed by atoms with van der Waals surface area (Å²) in [7, 11) is 0. The number of halogens is 1. The molecule has 1 saturated heterocycles. The smallest absolute Gasteiger partial charge is 0.234 e. The number of hydrogen-bond acceptors (Lipinski definition) is 5. The Morgan fingerprint density at radius 2 is 1.89 bits per heavy atom. The van der Waals surface area contributed by atoms with E-state index in [1.54, 1.807) is 0 Å². The summed E-state index contributed by atoms with van der Waals surface area (Å²) in [6.45, 7) is 3.15. The van der Waals surface area contributed by atoms with Crippen molar-refractivity contribution in [1.82, 2.24) is 24.7 Å². The van der Waals surface area contributed by atoms with Crippen LogP contribution >= 0.6 is 22.9 Å². The Hall–Kier alpha value is -0.720. The lowest BCUT2D eigenvalue weighted by Gasteiger charge is -2.17. The summed E-state index contributed by atoms with van der Waals surface area (Å²) in [5.74, 6) is 1.37. The van der Waals surface area contributed by atoms with Gasteiger partial charge in [0.1, 0.15) is 5.01 Å². The van der Waals surface area contributed by atoms with E-state index in [-0.39, 0.29) is 0 Å². The number of likely N-dealkylation sites (tertiary alicyclic amines) is 1. The summed E-state index contributed by atoms with van der Waals surface area (Å²) in [6.07, 6.45) is 5.26. The number of rotatable bonds is 3. The summed E-state index contributed by atoms with van der Waals surface area (Å²) in [5, 5.41) is 13.7. The molecule has 1 fully saturated rings. The fourth-order valence-corrected chi connectivity index (χ4v) is 3.26. The van der Waals surface area contributed by atoms with Gasteiger partial charge in [0.2, 0.25) is 4.96 Å². The predicted octanol–water partition coefficient (Wildman–Crippen LogP) is 2.30. The molecule has 0 saturated carbocycles. The second kappa shape index (κ2) is 5.50. The van der Waals surface area contributed by atoms with Crippen LogP contribution in [0.2, 0.25) is 0 Å². The maximum atomic E-state index is 5.80. The van der Waals surface area contributed by atoms with Crippen molar-refractivity contribution in [2.24, 2.45) is 0 Å². The van der Waals surface area contributed by atoms with Gasteiger partial charge in [-0.15, -0.1) is 21.8 Å². The molecule has 7 heteroatoms. The molecule has 0 spiro atoms. The first-order valence-corrected chi connectivity index (χ1v) is 7.70. The quantitative estimate of drug-likeness (QED) is 0.812. The van der Waals surface area contributed by atoms with Crippen LogP contribution in [-0.4, -0.2) is 37.8 Å². The maximum Gasteiger partial charge on any atom is 0.234 e. The van der Waals surface area contributed by atoms with Crippen LogP contribution in [0.15, 0.2) is 0 Å². The fourth-order valence-electron chi connectivity index (χ4n) is 2.34.